The van der Waals surface area contributed by atoms with E-state index in [1.807, 2.05) is 56.3 Å². The fourth-order valence-electron chi connectivity index (χ4n) is 3.49. The average molecular weight is 478 g/mol. The molecule has 0 amide bonds. The lowest BCUT2D eigenvalue weighted by atomic mass is 10.1. The molecule has 0 saturated carbocycles. The lowest BCUT2D eigenvalue weighted by molar-refractivity contribution is -0.129. The molecule has 0 fully saturated rings. The Morgan fingerprint density at radius 1 is 0.971 bits per heavy atom. The van der Waals surface area contributed by atoms with Crippen molar-refractivity contribution in [3.63, 3.8) is 0 Å². The van der Waals surface area contributed by atoms with Gasteiger partial charge in [0.1, 0.15) is 19.0 Å². The lowest BCUT2D eigenvalue weighted by Crippen LogP contribution is -2.10. The molecule has 0 atom stereocenters. The SMILES string of the molecule is COc1cc(/C=C2/N=C(c3ccccc3)OC2=O)cc(Cl)c1OCCOc1ccc(C)cc1C. The van der Waals surface area contributed by atoms with Crippen LogP contribution in [0, 0.1) is 13.8 Å². The first-order valence-corrected chi connectivity index (χ1v) is 11.1. The van der Waals surface area contributed by atoms with Gasteiger partial charge < -0.3 is 18.9 Å². The van der Waals surface area contributed by atoms with Crippen molar-refractivity contribution in [2.24, 2.45) is 4.99 Å². The smallest absolute Gasteiger partial charge is 0.363 e. The highest BCUT2D eigenvalue weighted by molar-refractivity contribution is 6.32. The Hall–Kier alpha value is -3.77. The highest BCUT2D eigenvalue weighted by Crippen LogP contribution is 2.37. The largest absolute Gasteiger partial charge is 0.493 e. The number of halogens is 1. The van der Waals surface area contributed by atoms with Gasteiger partial charge in [0.2, 0.25) is 5.90 Å². The van der Waals surface area contributed by atoms with E-state index in [1.165, 1.54) is 12.7 Å². The average Bonchev–Trinajstić information content (AvgIpc) is 3.19. The van der Waals surface area contributed by atoms with Crippen LogP contribution in [0.4, 0.5) is 0 Å². The summed E-state index contributed by atoms with van der Waals surface area (Å²) in [5.41, 5.74) is 3.77. The molecule has 7 heteroatoms. The summed E-state index contributed by atoms with van der Waals surface area (Å²) in [6.45, 7) is 4.67. The third kappa shape index (κ3) is 5.41. The van der Waals surface area contributed by atoms with E-state index in [2.05, 4.69) is 11.1 Å². The first-order chi connectivity index (χ1) is 16.4. The van der Waals surface area contributed by atoms with Gasteiger partial charge in [0.25, 0.3) is 0 Å². The predicted molar refractivity (Wildman–Crippen MR) is 132 cm³/mol. The van der Waals surface area contributed by atoms with E-state index in [1.54, 1.807) is 18.2 Å². The van der Waals surface area contributed by atoms with Crippen LogP contribution < -0.4 is 14.2 Å². The molecule has 0 bridgehead atoms. The number of carbonyl (C=O) groups is 1. The topological polar surface area (TPSA) is 66.4 Å². The highest BCUT2D eigenvalue weighted by Gasteiger charge is 2.24. The molecule has 1 heterocycles. The molecular weight excluding hydrogens is 454 g/mol. The Labute approximate surface area is 203 Å². The first kappa shape index (κ1) is 23.4. The van der Waals surface area contributed by atoms with Crippen molar-refractivity contribution in [2.75, 3.05) is 20.3 Å². The van der Waals surface area contributed by atoms with Crippen LogP contribution in [0.25, 0.3) is 6.08 Å². The van der Waals surface area contributed by atoms with E-state index >= 15 is 0 Å². The molecule has 0 N–H and O–H groups in total. The second kappa shape index (κ2) is 10.4. The van der Waals surface area contributed by atoms with Crippen LogP contribution in [-0.4, -0.2) is 32.2 Å². The maximum atomic E-state index is 12.3. The van der Waals surface area contributed by atoms with Gasteiger partial charge in [-0.25, -0.2) is 9.79 Å². The number of benzene rings is 3. The molecule has 1 aliphatic heterocycles. The van der Waals surface area contributed by atoms with E-state index in [9.17, 15) is 4.79 Å². The number of methoxy groups -OCH3 is 1. The Morgan fingerprint density at radius 2 is 1.74 bits per heavy atom. The van der Waals surface area contributed by atoms with Crippen molar-refractivity contribution < 1.29 is 23.7 Å². The predicted octanol–water partition coefficient (Wildman–Crippen LogP) is 5.77. The Morgan fingerprint density at radius 3 is 2.47 bits per heavy atom. The number of aliphatic imine (C=N–C) groups is 1. The highest BCUT2D eigenvalue weighted by atomic mass is 35.5. The fraction of sp³-hybridized carbons (Fsp3) is 0.185. The van der Waals surface area contributed by atoms with E-state index in [0.29, 0.717) is 28.7 Å². The van der Waals surface area contributed by atoms with Crippen molar-refractivity contribution in [3.05, 3.63) is 93.6 Å². The van der Waals surface area contributed by atoms with Crippen LogP contribution in [0.5, 0.6) is 17.2 Å². The Kier molecular flexibility index (Phi) is 7.18. The summed E-state index contributed by atoms with van der Waals surface area (Å²) in [6, 6.07) is 18.7. The molecule has 174 valence electrons. The number of rotatable bonds is 8. The van der Waals surface area contributed by atoms with Crippen molar-refractivity contribution in [1.29, 1.82) is 0 Å². The van der Waals surface area contributed by atoms with Crippen molar-refractivity contribution >= 4 is 29.5 Å². The summed E-state index contributed by atoms with van der Waals surface area (Å²) in [6.07, 6.45) is 1.60. The van der Waals surface area contributed by atoms with Gasteiger partial charge in [-0.2, -0.15) is 0 Å². The molecule has 0 radical (unpaired) electrons. The molecule has 0 spiro atoms. The van der Waals surface area contributed by atoms with Gasteiger partial charge in [-0.05, 0) is 61.4 Å². The van der Waals surface area contributed by atoms with Crippen molar-refractivity contribution in [2.45, 2.75) is 13.8 Å². The zero-order valence-electron chi connectivity index (χ0n) is 19.1. The molecule has 4 rings (SSSR count). The molecule has 3 aromatic carbocycles. The van der Waals surface area contributed by atoms with Gasteiger partial charge in [-0.1, -0.05) is 47.5 Å². The summed E-state index contributed by atoms with van der Waals surface area (Å²) in [4.78, 5) is 16.6. The minimum Gasteiger partial charge on any atom is -0.493 e. The van der Waals surface area contributed by atoms with Gasteiger partial charge in [0, 0.05) is 5.56 Å². The summed E-state index contributed by atoms with van der Waals surface area (Å²) in [5, 5.41) is 0.344. The van der Waals surface area contributed by atoms with Gasteiger partial charge >= 0.3 is 5.97 Å². The van der Waals surface area contributed by atoms with Crippen LogP contribution >= 0.6 is 11.6 Å². The van der Waals surface area contributed by atoms with E-state index in [-0.39, 0.29) is 18.2 Å². The Balaban J connectivity index is 1.46. The quantitative estimate of drug-likeness (QED) is 0.234. The normalized spacial score (nSPS) is 14.1. The molecule has 34 heavy (non-hydrogen) atoms. The molecule has 6 nitrogen and oxygen atoms in total. The minimum atomic E-state index is -0.530. The maximum absolute atomic E-state index is 12.3. The lowest BCUT2D eigenvalue weighted by Gasteiger charge is -2.14. The molecule has 0 aliphatic carbocycles. The van der Waals surface area contributed by atoms with Gasteiger partial charge in [-0.3, -0.25) is 0 Å². The van der Waals surface area contributed by atoms with Crippen molar-refractivity contribution in [3.8, 4) is 17.2 Å². The number of ether oxygens (including phenoxy) is 4. The van der Waals surface area contributed by atoms with Gasteiger partial charge in [0.15, 0.2) is 17.2 Å². The second-order valence-electron chi connectivity index (χ2n) is 7.70. The number of carbonyl (C=O) groups excluding carboxylic acids is 1. The Bertz CT molecular complexity index is 1270. The number of hydrogen-bond acceptors (Lipinski definition) is 6. The fourth-order valence-corrected chi connectivity index (χ4v) is 3.76. The zero-order valence-corrected chi connectivity index (χ0v) is 19.9. The summed E-state index contributed by atoms with van der Waals surface area (Å²) >= 11 is 6.47. The summed E-state index contributed by atoms with van der Waals surface area (Å²) in [7, 11) is 1.52. The standard InChI is InChI=1S/C27H24ClNO5/c1-17-9-10-23(18(2)13-17)32-11-12-33-25-21(28)14-19(16-24(25)31-3)15-22-27(30)34-26(29-22)20-7-5-4-6-8-20/h4-10,13-16H,11-12H2,1-3H3/b22-15+. The van der Waals surface area contributed by atoms with Crippen LogP contribution in [0.1, 0.15) is 22.3 Å². The minimum absolute atomic E-state index is 0.174. The van der Waals surface area contributed by atoms with Crippen molar-refractivity contribution in [1.82, 2.24) is 0 Å². The van der Waals surface area contributed by atoms with Gasteiger partial charge in [0.05, 0.1) is 12.1 Å². The number of nitrogens with zero attached hydrogens (tertiary/aromatic N) is 1. The van der Waals surface area contributed by atoms with Crippen LogP contribution in [-0.2, 0) is 9.53 Å². The monoisotopic (exact) mass is 477 g/mol. The third-order valence-electron chi connectivity index (χ3n) is 5.11. The first-order valence-electron chi connectivity index (χ1n) is 10.7. The molecule has 0 unspecified atom stereocenters. The van der Waals surface area contributed by atoms with Crippen LogP contribution in [0.3, 0.4) is 0 Å². The summed E-state index contributed by atoms with van der Waals surface area (Å²) < 4.78 is 22.4. The second-order valence-corrected chi connectivity index (χ2v) is 8.11. The maximum Gasteiger partial charge on any atom is 0.363 e. The molecular formula is C27H24ClNO5. The number of esters is 1. The van der Waals surface area contributed by atoms with Gasteiger partial charge in [-0.15, -0.1) is 0 Å². The number of cyclic esters (lactones) is 1. The van der Waals surface area contributed by atoms with E-state index in [4.69, 9.17) is 30.5 Å². The zero-order chi connectivity index (χ0) is 24.1. The summed E-state index contributed by atoms with van der Waals surface area (Å²) in [5.74, 6) is 1.38. The number of hydrogen-bond donors (Lipinski definition) is 0. The van der Waals surface area contributed by atoms with Crippen LogP contribution in [0.15, 0.2) is 71.4 Å². The van der Waals surface area contributed by atoms with E-state index in [0.717, 1.165) is 16.9 Å². The molecule has 0 aromatic heterocycles. The molecule has 1 aliphatic rings. The van der Waals surface area contributed by atoms with E-state index < -0.39 is 5.97 Å². The molecule has 3 aromatic rings. The van der Waals surface area contributed by atoms with Crippen LogP contribution in [0.2, 0.25) is 5.02 Å². The number of aryl methyl sites for hydroxylation is 2. The molecule has 0 saturated heterocycles. The third-order valence-corrected chi connectivity index (χ3v) is 5.39.